The van der Waals surface area contributed by atoms with Crippen molar-refractivity contribution in [2.24, 2.45) is 5.41 Å². The van der Waals surface area contributed by atoms with E-state index < -0.39 is 38.9 Å². The van der Waals surface area contributed by atoms with Gasteiger partial charge in [0.05, 0.1) is 27.4 Å². The van der Waals surface area contributed by atoms with Gasteiger partial charge in [-0.25, -0.2) is 18.3 Å². The quantitative estimate of drug-likeness (QED) is 0.336. The van der Waals surface area contributed by atoms with Crippen LogP contribution in [0.4, 0.5) is 4.79 Å². The second-order valence-electron chi connectivity index (χ2n) is 9.61. The number of nitrogens with zero attached hydrogens (tertiary/aromatic N) is 3. The molecule has 1 fully saturated rings. The Bertz CT molecular complexity index is 1050. The van der Waals surface area contributed by atoms with Gasteiger partial charge in [-0.3, -0.25) is 14.9 Å². The van der Waals surface area contributed by atoms with Gasteiger partial charge in [0.25, 0.3) is 0 Å². The van der Waals surface area contributed by atoms with Crippen molar-refractivity contribution < 1.29 is 28.3 Å². The van der Waals surface area contributed by atoms with Gasteiger partial charge in [-0.1, -0.05) is 44.0 Å². The summed E-state index contributed by atoms with van der Waals surface area (Å²) in [6.45, 7) is 5.81. The lowest BCUT2D eigenvalue weighted by Gasteiger charge is -2.52. The summed E-state index contributed by atoms with van der Waals surface area (Å²) in [4.78, 5) is 24.9. The third-order valence-electron chi connectivity index (χ3n) is 6.91. The van der Waals surface area contributed by atoms with E-state index in [0.29, 0.717) is 34.4 Å². The highest BCUT2D eigenvalue weighted by molar-refractivity contribution is 7.89. The van der Waals surface area contributed by atoms with E-state index in [2.05, 4.69) is 0 Å². The minimum atomic E-state index is -4.01. The molecule has 0 saturated carbocycles. The Morgan fingerprint density at radius 3 is 2.39 bits per heavy atom. The molecule has 0 spiro atoms. The molecule has 2 atom stereocenters. The summed E-state index contributed by atoms with van der Waals surface area (Å²) in [5, 5.41) is 21.4. The van der Waals surface area contributed by atoms with Gasteiger partial charge in [-0.2, -0.15) is 4.31 Å². The number of carbonyl (C=O) groups is 2. The zero-order valence-corrected chi connectivity index (χ0v) is 21.1. The molecule has 12 heteroatoms. The van der Waals surface area contributed by atoms with E-state index in [9.17, 15) is 28.3 Å². The molecular formula is C21H29Cl2N3O6S. The summed E-state index contributed by atoms with van der Waals surface area (Å²) < 4.78 is 28.3. The maximum atomic E-state index is 13.5. The average molecular weight is 522 g/mol. The van der Waals surface area contributed by atoms with Crippen molar-refractivity contribution in [3.8, 4) is 0 Å². The number of hydroxylamine groups is 2. The minimum Gasteiger partial charge on any atom is -0.465 e. The molecule has 0 aromatic heterocycles. The molecule has 2 N–H and O–H groups in total. The number of halogens is 2. The summed E-state index contributed by atoms with van der Waals surface area (Å²) in [7, 11) is -4.01. The number of likely N-dealkylation sites (tertiary alicyclic amines) is 1. The molecule has 1 aromatic carbocycles. The summed E-state index contributed by atoms with van der Waals surface area (Å²) in [6, 6.07) is 2.07. The Morgan fingerprint density at radius 1 is 1.24 bits per heavy atom. The number of hydrogen-bond acceptors (Lipinski definition) is 5. The van der Waals surface area contributed by atoms with Crippen molar-refractivity contribution in [1.82, 2.24) is 14.3 Å². The molecule has 9 nitrogen and oxygen atoms in total. The second kappa shape index (κ2) is 9.22. The fraction of sp³-hybridized carbons (Fsp3) is 0.619. The van der Waals surface area contributed by atoms with Crippen molar-refractivity contribution >= 4 is 45.7 Å². The van der Waals surface area contributed by atoms with Gasteiger partial charge >= 0.3 is 6.09 Å². The number of amides is 2. The van der Waals surface area contributed by atoms with Gasteiger partial charge in [-0.05, 0) is 47.9 Å². The van der Waals surface area contributed by atoms with Crippen LogP contribution in [-0.4, -0.2) is 75.9 Å². The Balaban J connectivity index is 1.99. The van der Waals surface area contributed by atoms with Crippen molar-refractivity contribution in [2.45, 2.75) is 58.2 Å². The van der Waals surface area contributed by atoms with Crippen LogP contribution in [0.3, 0.4) is 0 Å². The summed E-state index contributed by atoms with van der Waals surface area (Å²) in [6.07, 6.45) is 0.147. The lowest BCUT2D eigenvalue weighted by Crippen LogP contribution is -2.68. The lowest BCUT2D eigenvalue weighted by molar-refractivity contribution is -0.178. The van der Waals surface area contributed by atoms with Crippen LogP contribution in [0, 0.1) is 5.41 Å². The largest absolute Gasteiger partial charge is 0.465 e. The maximum Gasteiger partial charge on any atom is 0.407 e. The fourth-order valence-electron chi connectivity index (χ4n) is 5.31. The smallest absolute Gasteiger partial charge is 0.407 e. The van der Waals surface area contributed by atoms with Gasteiger partial charge in [0, 0.05) is 19.6 Å². The fourth-order valence-corrected chi connectivity index (χ4v) is 7.42. The van der Waals surface area contributed by atoms with E-state index in [1.54, 1.807) is 32.9 Å². The van der Waals surface area contributed by atoms with Gasteiger partial charge in [0.2, 0.25) is 16.4 Å². The summed E-state index contributed by atoms with van der Waals surface area (Å²) in [5.74, 6) is -0.625. The number of carboxylic acid groups (broad SMARTS) is 1. The molecule has 2 aliphatic heterocycles. The molecule has 0 radical (unpaired) electrons. The van der Waals surface area contributed by atoms with Crippen LogP contribution in [0.15, 0.2) is 12.1 Å². The van der Waals surface area contributed by atoms with Crippen molar-refractivity contribution in [3.05, 3.63) is 33.3 Å². The minimum absolute atomic E-state index is 0.0684. The zero-order valence-electron chi connectivity index (χ0n) is 18.8. The van der Waals surface area contributed by atoms with Crippen LogP contribution in [-0.2, 0) is 27.8 Å². The molecule has 1 aromatic rings. The van der Waals surface area contributed by atoms with E-state index in [-0.39, 0.29) is 26.0 Å². The first-order chi connectivity index (χ1) is 15.2. The number of sulfonamides is 1. The monoisotopic (exact) mass is 521 g/mol. The molecule has 2 amide bonds. The van der Waals surface area contributed by atoms with E-state index in [0.717, 1.165) is 11.1 Å². The van der Waals surface area contributed by atoms with E-state index >= 15 is 0 Å². The number of hydrogen-bond donors (Lipinski definition) is 2. The predicted octanol–water partition coefficient (Wildman–Crippen LogP) is 3.46. The Kier molecular flexibility index (Phi) is 7.27. The summed E-state index contributed by atoms with van der Waals surface area (Å²) in [5.41, 5.74) is -0.439. The third kappa shape index (κ3) is 4.68. The first-order valence-corrected chi connectivity index (χ1v) is 13.0. The molecule has 184 valence electrons. The Hall–Kier alpha value is -1.59. The molecule has 0 aliphatic carbocycles. The van der Waals surface area contributed by atoms with E-state index in [1.165, 1.54) is 9.21 Å². The third-order valence-corrected chi connectivity index (χ3v) is 9.47. The van der Waals surface area contributed by atoms with Gasteiger partial charge in [0.1, 0.15) is 0 Å². The lowest BCUT2D eigenvalue weighted by atomic mass is 9.67. The van der Waals surface area contributed by atoms with Crippen molar-refractivity contribution in [1.29, 1.82) is 0 Å². The van der Waals surface area contributed by atoms with Crippen LogP contribution in [0.1, 0.15) is 44.7 Å². The van der Waals surface area contributed by atoms with Crippen LogP contribution in [0.25, 0.3) is 0 Å². The highest BCUT2D eigenvalue weighted by Gasteiger charge is 2.59. The van der Waals surface area contributed by atoms with Gasteiger partial charge in [-0.15, -0.1) is 0 Å². The topological polar surface area (TPSA) is 118 Å². The highest BCUT2D eigenvalue weighted by Crippen LogP contribution is 2.48. The zero-order chi connectivity index (χ0) is 24.8. The number of rotatable bonds is 6. The second-order valence-corrected chi connectivity index (χ2v) is 12.4. The Morgan fingerprint density at radius 2 is 1.85 bits per heavy atom. The van der Waals surface area contributed by atoms with E-state index in [1.807, 2.05) is 0 Å². The number of fused-ring (bicyclic) bond motifs is 1. The van der Waals surface area contributed by atoms with Crippen molar-refractivity contribution in [2.75, 3.05) is 18.8 Å². The van der Waals surface area contributed by atoms with Crippen LogP contribution in [0.2, 0.25) is 10.0 Å². The molecule has 2 unspecified atom stereocenters. The Labute approximate surface area is 203 Å². The van der Waals surface area contributed by atoms with Crippen LogP contribution in [0.5, 0.6) is 0 Å². The summed E-state index contributed by atoms with van der Waals surface area (Å²) >= 11 is 12.2. The van der Waals surface area contributed by atoms with Crippen LogP contribution < -0.4 is 0 Å². The molecule has 0 bridgehead atoms. The number of carbonyl (C=O) groups excluding carboxylic acids is 1. The first-order valence-electron chi connectivity index (χ1n) is 10.6. The first kappa shape index (κ1) is 26.0. The van der Waals surface area contributed by atoms with Gasteiger partial charge < -0.3 is 5.11 Å². The highest BCUT2D eigenvalue weighted by atomic mass is 35.5. The SMILES string of the molecule is CC(C)(C)C1(C(CS(=O)(=O)N2CCc3cc(Cl)c(Cl)cc3C2)N(O)C=O)CCCN1C(=O)O. The molecule has 33 heavy (non-hydrogen) atoms. The van der Waals surface area contributed by atoms with Gasteiger partial charge in [0.15, 0.2) is 0 Å². The van der Waals surface area contributed by atoms with Crippen LogP contribution >= 0.6 is 23.2 Å². The van der Waals surface area contributed by atoms with E-state index in [4.69, 9.17) is 23.2 Å². The average Bonchev–Trinajstić information content (AvgIpc) is 3.18. The molecular weight excluding hydrogens is 493 g/mol. The maximum absolute atomic E-state index is 13.5. The molecule has 2 aliphatic rings. The molecule has 1 saturated heterocycles. The normalized spacial score (nSPS) is 22.7. The number of benzene rings is 1. The molecule has 3 rings (SSSR count). The molecule has 2 heterocycles. The standard InChI is InChI=1S/C21H29Cl2N3O6S/c1-20(2,3)21(6-4-7-25(21)19(28)29)18(26(30)13-27)12-33(31,32)24-8-5-14-9-16(22)17(23)10-15(14)11-24/h9-10,13,18,30H,4-8,11-12H2,1-3H3,(H,28,29). The predicted molar refractivity (Wildman–Crippen MR) is 124 cm³/mol. The van der Waals surface area contributed by atoms with Crippen molar-refractivity contribution in [3.63, 3.8) is 0 Å².